The van der Waals surface area contributed by atoms with Gasteiger partial charge >= 0.3 is 19.8 Å². The van der Waals surface area contributed by atoms with Gasteiger partial charge in [-0.15, -0.1) is 0 Å². The monoisotopic (exact) mass is 834 g/mol. The average molecular weight is 834 g/mol. The number of carbonyl (C=O) groups is 2. The highest BCUT2D eigenvalue weighted by Crippen LogP contribution is 2.43. The molecule has 0 spiro atoms. The highest BCUT2D eigenvalue weighted by atomic mass is 31.2. The number of likely N-dealkylation sites (N-methyl/N-ethyl adjacent to an activating group) is 1. The van der Waals surface area contributed by atoms with E-state index in [1.807, 2.05) is 12.2 Å². The predicted molar refractivity (Wildman–Crippen MR) is 243 cm³/mol. The Balaban J connectivity index is 4.34. The Labute approximate surface area is 354 Å². The number of phosphoric acid groups is 1. The SMILES string of the molecule is CCCCC/C=C\C/C=C\C/C=C\C/C=C\C/C=C\CCC(=O)OC(COC(=O)CCCCCCCCC/C=C\CCCCCCCC)COP(=O)(O)OCCNC. The Morgan fingerprint density at radius 2 is 0.966 bits per heavy atom. The van der Waals surface area contributed by atoms with Crippen molar-refractivity contribution in [3.05, 3.63) is 72.9 Å². The van der Waals surface area contributed by atoms with Crippen molar-refractivity contribution in [2.24, 2.45) is 0 Å². The standard InChI is InChI=1S/C48H84NO8P/c1-4-6-8-10-12-14-16-18-20-22-23-25-27-29-31-33-35-37-39-41-48(51)57-46(45-56-58(52,53)55-43-42-49-3)44-54-47(50)40-38-36-34-32-30-28-26-24-21-19-17-15-13-11-9-7-5-2/h12,14,18-21,23,25,29,31,35,37,46,49H,4-11,13,15-17,22,24,26-28,30,32-34,36,38-45H2,1-3H3,(H,52,53)/b14-12-,20-18-,21-19-,25-23-,31-29-,37-35-. The summed E-state index contributed by atoms with van der Waals surface area (Å²) in [5.74, 6) is -0.911. The highest BCUT2D eigenvalue weighted by molar-refractivity contribution is 7.47. The summed E-state index contributed by atoms with van der Waals surface area (Å²) < 4.78 is 33.1. The largest absolute Gasteiger partial charge is 0.472 e. The molecule has 2 unspecified atom stereocenters. The molecule has 0 aliphatic carbocycles. The van der Waals surface area contributed by atoms with Gasteiger partial charge in [0.2, 0.25) is 0 Å². The molecule has 0 saturated carbocycles. The highest BCUT2D eigenvalue weighted by Gasteiger charge is 2.26. The molecule has 0 saturated heterocycles. The summed E-state index contributed by atoms with van der Waals surface area (Å²) in [6.07, 6.45) is 52.5. The lowest BCUT2D eigenvalue weighted by Gasteiger charge is -2.19. The van der Waals surface area contributed by atoms with Crippen LogP contribution in [-0.4, -0.2) is 56.3 Å². The van der Waals surface area contributed by atoms with Crippen LogP contribution in [0.3, 0.4) is 0 Å². The Morgan fingerprint density at radius 1 is 0.534 bits per heavy atom. The summed E-state index contributed by atoms with van der Waals surface area (Å²) in [6, 6.07) is 0. The molecule has 2 N–H and O–H groups in total. The normalized spacial score (nSPS) is 13.9. The van der Waals surface area contributed by atoms with Gasteiger partial charge in [0.15, 0.2) is 6.10 Å². The molecule has 0 heterocycles. The van der Waals surface area contributed by atoms with Gasteiger partial charge < -0.3 is 19.7 Å². The smallest absolute Gasteiger partial charge is 0.462 e. The Hall–Kier alpha value is -2.55. The van der Waals surface area contributed by atoms with E-state index in [-0.39, 0.29) is 26.1 Å². The number of ether oxygens (including phenoxy) is 2. The number of allylic oxidation sites excluding steroid dienone is 12. The van der Waals surface area contributed by atoms with Gasteiger partial charge in [-0.1, -0.05) is 164 Å². The second kappa shape index (κ2) is 44.0. The number of hydrogen-bond donors (Lipinski definition) is 2. The molecule has 0 amide bonds. The van der Waals surface area contributed by atoms with Crippen molar-refractivity contribution in [2.45, 2.75) is 187 Å². The first-order chi connectivity index (χ1) is 28.3. The molecule has 0 aromatic rings. The molecule has 58 heavy (non-hydrogen) atoms. The first-order valence-corrected chi connectivity index (χ1v) is 24.4. The summed E-state index contributed by atoms with van der Waals surface area (Å²) in [5, 5.41) is 2.82. The van der Waals surface area contributed by atoms with Gasteiger partial charge in [-0.05, 0) is 84.1 Å². The fourth-order valence-electron chi connectivity index (χ4n) is 5.82. The molecular formula is C48H84NO8P. The summed E-state index contributed by atoms with van der Waals surface area (Å²) in [6.45, 7) is 4.10. The fraction of sp³-hybridized carbons (Fsp3) is 0.708. The number of hydrogen-bond acceptors (Lipinski definition) is 8. The molecule has 2 atom stereocenters. The van der Waals surface area contributed by atoms with E-state index in [1.54, 1.807) is 7.05 Å². The Kier molecular flexibility index (Phi) is 42.1. The van der Waals surface area contributed by atoms with Crippen molar-refractivity contribution in [3.8, 4) is 0 Å². The number of nitrogens with one attached hydrogen (secondary N) is 1. The van der Waals surface area contributed by atoms with Crippen molar-refractivity contribution in [2.75, 3.05) is 33.4 Å². The van der Waals surface area contributed by atoms with Crippen molar-refractivity contribution in [1.29, 1.82) is 0 Å². The number of unbranched alkanes of at least 4 members (excludes halogenated alkanes) is 16. The van der Waals surface area contributed by atoms with Crippen LogP contribution >= 0.6 is 7.82 Å². The summed E-state index contributed by atoms with van der Waals surface area (Å²) in [4.78, 5) is 35.1. The molecular weight excluding hydrogens is 750 g/mol. The third-order valence-electron chi connectivity index (χ3n) is 9.31. The van der Waals surface area contributed by atoms with Crippen LogP contribution in [0.25, 0.3) is 0 Å². The Morgan fingerprint density at radius 3 is 1.50 bits per heavy atom. The predicted octanol–water partition coefficient (Wildman–Crippen LogP) is 13.3. The number of rotatable bonds is 42. The first kappa shape index (κ1) is 55.5. The summed E-state index contributed by atoms with van der Waals surface area (Å²) in [7, 11) is -2.68. The second-order valence-electron chi connectivity index (χ2n) is 14.9. The quantitative estimate of drug-likeness (QED) is 0.0268. The maximum absolute atomic E-state index is 12.6. The maximum Gasteiger partial charge on any atom is 0.472 e. The summed E-state index contributed by atoms with van der Waals surface area (Å²) in [5.41, 5.74) is 0. The van der Waals surface area contributed by atoms with Gasteiger partial charge in [-0.3, -0.25) is 18.6 Å². The van der Waals surface area contributed by atoms with Gasteiger partial charge in [0.25, 0.3) is 0 Å². The van der Waals surface area contributed by atoms with Crippen molar-refractivity contribution < 1.29 is 37.6 Å². The number of phosphoric ester groups is 1. The molecule has 0 aliphatic rings. The molecule has 0 fully saturated rings. The zero-order valence-electron chi connectivity index (χ0n) is 37.0. The van der Waals surface area contributed by atoms with E-state index >= 15 is 0 Å². The lowest BCUT2D eigenvalue weighted by Crippen LogP contribution is -2.29. The zero-order chi connectivity index (χ0) is 42.5. The van der Waals surface area contributed by atoms with Crippen molar-refractivity contribution in [3.63, 3.8) is 0 Å². The van der Waals surface area contributed by atoms with Gasteiger partial charge in [0.05, 0.1) is 13.2 Å². The van der Waals surface area contributed by atoms with Crippen LogP contribution < -0.4 is 5.32 Å². The van der Waals surface area contributed by atoms with Crippen molar-refractivity contribution in [1.82, 2.24) is 5.32 Å². The minimum atomic E-state index is -4.37. The average Bonchev–Trinajstić information content (AvgIpc) is 3.21. The lowest BCUT2D eigenvalue weighted by atomic mass is 10.1. The van der Waals surface area contributed by atoms with Crippen LogP contribution in [0.4, 0.5) is 0 Å². The minimum absolute atomic E-state index is 0.0339. The molecule has 0 radical (unpaired) electrons. The van der Waals surface area contributed by atoms with E-state index in [4.69, 9.17) is 18.5 Å². The molecule has 0 aliphatic heterocycles. The topological polar surface area (TPSA) is 120 Å². The van der Waals surface area contributed by atoms with E-state index in [2.05, 4.69) is 79.9 Å². The van der Waals surface area contributed by atoms with E-state index in [0.29, 0.717) is 13.0 Å². The molecule has 0 aromatic carbocycles. The first-order valence-electron chi connectivity index (χ1n) is 22.9. The van der Waals surface area contributed by atoms with Crippen LogP contribution in [0.2, 0.25) is 0 Å². The molecule has 0 bridgehead atoms. The van der Waals surface area contributed by atoms with Crippen LogP contribution in [-0.2, 0) is 32.7 Å². The second-order valence-corrected chi connectivity index (χ2v) is 16.3. The molecule has 334 valence electrons. The van der Waals surface area contributed by atoms with Crippen LogP contribution in [0.1, 0.15) is 181 Å². The third-order valence-corrected chi connectivity index (χ3v) is 10.3. The van der Waals surface area contributed by atoms with E-state index < -0.39 is 32.5 Å². The fourth-order valence-corrected chi connectivity index (χ4v) is 6.57. The van der Waals surface area contributed by atoms with Crippen LogP contribution in [0.5, 0.6) is 0 Å². The zero-order valence-corrected chi connectivity index (χ0v) is 37.9. The van der Waals surface area contributed by atoms with Crippen LogP contribution in [0, 0.1) is 0 Å². The number of carbonyl (C=O) groups excluding carboxylic acids is 2. The Bertz CT molecular complexity index is 1180. The van der Waals surface area contributed by atoms with Gasteiger partial charge in [-0.2, -0.15) is 0 Å². The molecule has 10 heteroatoms. The minimum Gasteiger partial charge on any atom is -0.462 e. The molecule has 0 rings (SSSR count). The van der Waals surface area contributed by atoms with Crippen molar-refractivity contribution >= 4 is 19.8 Å². The molecule has 9 nitrogen and oxygen atoms in total. The van der Waals surface area contributed by atoms with Gasteiger partial charge in [-0.25, -0.2) is 4.57 Å². The van der Waals surface area contributed by atoms with Crippen LogP contribution in [0.15, 0.2) is 72.9 Å². The third kappa shape index (κ3) is 43.0. The summed E-state index contributed by atoms with van der Waals surface area (Å²) >= 11 is 0. The van der Waals surface area contributed by atoms with Gasteiger partial charge in [0, 0.05) is 19.4 Å². The maximum atomic E-state index is 12.6. The number of esters is 2. The van der Waals surface area contributed by atoms with E-state index in [0.717, 1.165) is 57.8 Å². The lowest BCUT2D eigenvalue weighted by molar-refractivity contribution is -0.161. The van der Waals surface area contributed by atoms with E-state index in [9.17, 15) is 19.0 Å². The van der Waals surface area contributed by atoms with Gasteiger partial charge in [0.1, 0.15) is 6.61 Å². The van der Waals surface area contributed by atoms with E-state index in [1.165, 1.54) is 89.9 Å². The molecule has 0 aromatic heterocycles.